The minimum absolute atomic E-state index is 0.283. The van der Waals surface area contributed by atoms with Gasteiger partial charge in [0.25, 0.3) is 0 Å². The Morgan fingerprint density at radius 1 is 1.09 bits per heavy atom. The molecule has 0 aliphatic heterocycles. The van der Waals surface area contributed by atoms with Crippen molar-refractivity contribution in [3.63, 3.8) is 0 Å². The van der Waals surface area contributed by atoms with E-state index in [1.54, 1.807) is 6.92 Å². The Bertz CT molecular complexity index is 775. The van der Waals surface area contributed by atoms with Gasteiger partial charge in [-0.05, 0) is 55.9 Å². The van der Waals surface area contributed by atoms with Crippen molar-refractivity contribution in [2.75, 3.05) is 5.32 Å². The molecule has 0 heterocycles. The van der Waals surface area contributed by atoms with Crippen LogP contribution in [0.1, 0.15) is 18.1 Å². The molecule has 2 aromatic carbocycles. The summed E-state index contributed by atoms with van der Waals surface area (Å²) in [6, 6.07) is 10.4. The average Bonchev–Trinajstić information content (AvgIpc) is 2.50. The lowest BCUT2D eigenvalue weighted by molar-refractivity contribution is 0.367. The van der Waals surface area contributed by atoms with Gasteiger partial charge < -0.3 is 20.6 Å². The highest BCUT2D eigenvalue weighted by Gasteiger charge is 2.13. The van der Waals surface area contributed by atoms with Gasteiger partial charge in [-0.25, -0.2) is 0 Å². The van der Waals surface area contributed by atoms with Crippen molar-refractivity contribution in [1.29, 1.82) is 0 Å². The molecule has 0 aliphatic carbocycles. The van der Waals surface area contributed by atoms with Gasteiger partial charge in [-0.15, -0.1) is 0 Å². The highest BCUT2D eigenvalue weighted by Crippen LogP contribution is 2.37. The molecule has 0 atom stereocenters. The van der Waals surface area contributed by atoms with Crippen molar-refractivity contribution in [2.24, 2.45) is 5.10 Å². The first kappa shape index (κ1) is 16.6. The molecular weight excluding hydrogens is 314 g/mol. The van der Waals surface area contributed by atoms with Crippen LogP contribution in [0.15, 0.2) is 41.5 Å². The predicted molar refractivity (Wildman–Crippen MR) is 94.2 cm³/mol. The molecule has 0 fully saturated rings. The van der Waals surface area contributed by atoms with Crippen molar-refractivity contribution in [3.05, 3.63) is 47.5 Å². The zero-order valence-electron chi connectivity index (χ0n) is 12.7. The molecule has 2 rings (SSSR count). The molecular formula is C16H17N3O3S. The third-order valence-corrected chi connectivity index (χ3v) is 3.31. The van der Waals surface area contributed by atoms with E-state index in [1.807, 2.05) is 31.2 Å². The SMILES string of the molecule is C/C(=N/NC(=S)Nc1cccc(C)c1)c1ccc(O)c(O)c1O. The summed E-state index contributed by atoms with van der Waals surface area (Å²) in [6.07, 6.45) is 0. The molecule has 5 N–H and O–H groups in total. The Morgan fingerprint density at radius 3 is 2.52 bits per heavy atom. The summed E-state index contributed by atoms with van der Waals surface area (Å²) < 4.78 is 0. The monoisotopic (exact) mass is 331 g/mol. The first-order chi connectivity index (χ1) is 10.9. The van der Waals surface area contributed by atoms with Gasteiger partial charge in [-0.3, -0.25) is 5.43 Å². The molecule has 120 valence electrons. The normalized spacial score (nSPS) is 11.1. The molecule has 2 aromatic rings. The minimum Gasteiger partial charge on any atom is -0.504 e. The number of rotatable bonds is 3. The van der Waals surface area contributed by atoms with Gasteiger partial charge in [0.2, 0.25) is 5.75 Å². The summed E-state index contributed by atoms with van der Waals surface area (Å²) in [7, 11) is 0. The molecule has 0 saturated carbocycles. The number of benzene rings is 2. The maximum absolute atomic E-state index is 9.81. The van der Waals surface area contributed by atoms with Crippen LogP contribution >= 0.6 is 12.2 Å². The number of anilines is 1. The number of aryl methyl sites for hydroxylation is 1. The summed E-state index contributed by atoms with van der Waals surface area (Å²) in [4.78, 5) is 0. The third kappa shape index (κ3) is 4.10. The Morgan fingerprint density at radius 2 is 1.83 bits per heavy atom. The highest BCUT2D eigenvalue weighted by atomic mass is 32.1. The van der Waals surface area contributed by atoms with Crippen LogP contribution in [-0.2, 0) is 0 Å². The van der Waals surface area contributed by atoms with E-state index in [-0.39, 0.29) is 10.7 Å². The maximum Gasteiger partial charge on any atom is 0.200 e. The minimum atomic E-state index is -0.586. The Balaban J connectivity index is 2.07. The molecule has 23 heavy (non-hydrogen) atoms. The Hall–Kier alpha value is -2.80. The number of hydrogen-bond acceptors (Lipinski definition) is 5. The number of nitrogens with one attached hydrogen (secondary N) is 2. The lowest BCUT2D eigenvalue weighted by atomic mass is 10.1. The molecule has 0 saturated heterocycles. The number of aromatic hydroxyl groups is 3. The van der Waals surface area contributed by atoms with Crippen LogP contribution in [0.4, 0.5) is 5.69 Å². The Kier molecular flexibility index (Phi) is 5.02. The van der Waals surface area contributed by atoms with E-state index in [0.29, 0.717) is 5.71 Å². The van der Waals surface area contributed by atoms with E-state index in [4.69, 9.17) is 12.2 Å². The largest absolute Gasteiger partial charge is 0.504 e. The lowest BCUT2D eigenvalue weighted by Gasteiger charge is -2.10. The topological polar surface area (TPSA) is 97.1 Å². The fourth-order valence-electron chi connectivity index (χ4n) is 1.94. The van der Waals surface area contributed by atoms with Gasteiger partial charge in [-0.1, -0.05) is 12.1 Å². The van der Waals surface area contributed by atoms with Gasteiger partial charge in [0, 0.05) is 11.3 Å². The molecule has 0 radical (unpaired) electrons. The fourth-order valence-corrected chi connectivity index (χ4v) is 2.10. The molecule has 0 unspecified atom stereocenters. The molecule has 0 spiro atoms. The Labute approximate surface area is 139 Å². The van der Waals surface area contributed by atoms with Gasteiger partial charge >= 0.3 is 0 Å². The second kappa shape index (κ2) is 6.97. The van der Waals surface area contributed by atoms with E-state index in [9.17, 15) is 15.3 Å². The van der Waals surface area contributed by atoms with E-state index in [1.165, 1.54) is 12.1 Å². The second-order valence-corrected chi connectivity index (χ2v) is 5.37. The van der Waals surface area contributed by atoms with Crippen LogP contribution in [0, 0.1) is 6.92 Å². The quantitative estimate of drug-likeness (QED) is 0.257. The van der Waals surface area contributed by atoms with Crippen LogP contribution < -0.4 is 10.7 Å². The van der Waals surface area contributed by atoms with Crippen LogP contribution in [0.2, 0.25) is 0 Å². The van der Waals surface area contributed by atoms with Crippen LogP contribution in [0.3, 0.4) is 0 Å². The molecule has 0 amide bonds. The lowest BCUT2D eigenvalue weighted by Crippen LogP contribution is -2.25. The molecule has 6 nitrogen and oxygen atoms in total. The number of phenolic OH excluding ortho intramolecular Hbond substituents is 3. The van der Waals surface area contributed by atoms with E-state index in [0.717, 1.165) is 11.3 Å². The summed E-state index contributed by atoms with van der Waals surface area (Å²) in [6.45, 7) is 3.61. The van der Waals surface area contributed by atoms with Gasteiger partial charge in [0.1, 0.15) is 0 Å². The van der Waals surface area contributed by atoms with Crippen LogP contribution in [0.25, 0.3) is 0 Å². The third-order valence-electron chi connectivity index (χ3n) is 3.12. The smallest absolute Gasteiger partial charge is 0.200 e. The first-order valence-electron chi connectivity index (χ1n) is 6.80. The molecule has 0 bridgehead atoms. The average molecular weight is 331 g/mol. The summed E-state index contributed by atoms with van der Waals surface area (Å²) >= 11 is 5.15. The molecule has 0 aromatic heterocycles. The number of hydrazone groups is 1. The summed E-state index contributed by atoms with van der Waals surface area (Å²) in [5.41, 5.74) is 5.27. The van der Waals surface area contributed by atoms with Crippen LogP contribution in [0.5, 0.6) is 17.2 Å². The van der Waals surface area contributed by atoms with Crippen molar-refractivity contribution >= 4 is 28.7 Å². The van der Waals surface area contributed by atoms with Crippen molar-refractivity contribution < 1.29 is 15.3 Å². The van der Waals surface area contributed by atoms with E-state index >= 15 is 0 Å². The summed E-state index contributed by atoms with van der Waals surface area (Å²) in [5.74, 6) is -1.42. The van der Waals surface area contributed by atoms with Gasteiger partial charge in [0.15, 0.2) is 16.6 Å². The predicted octanol–water partition coefficient (Wildman–Crippen LogP) is 2.82. The van der Waals surface area contributed by atoms with E-state index in [2.05, 4.69) is 15.8 Å². The molecule has 0 aliphatic rings. The first-order valence-corrected chi connectivity index (χ1v) is 7.21. The van der Waals surface area contributed by atoms with Crippen molar-refractivity contribution in [2.45, 2.75) is 13.8 Å². The number of thiocarbonyl (C=S) groups is 1. The van der Waals surface area contributed by atoms with Gasteiger partial charge in [0.05, 0.1) is 5.71 Å². The molecule has 7 heteroatoms. The zero-order chi connectivity index (χ0) is 17.0. The number of phenols is 3. The van der Waals surface area contributed by atoms with Crippen molar-refractivity contribution in [3.8, 4) is 17.2 Å². The highest BCUT2D eigenvalue weighted by molar-refractivity contribution is 7.80. The maximum atomic E-state index is 9.81. The number of nitrogens with zero attached hydrogens (tertiary/aromatic N) is 1. The summed E-state index contributed by atoms with van der Waals surface area (Å²) in [5, 5.41) is 36.0. The van der Waals surface area contributed by atoms with Crippen LogP contribution in [-0.4, -0.2) is 26.1 Å². The second-order valence-electron chi connectivity index (χ2n) is 4.96. The van der Waals surface area contributed by atoms with Gasteiger partial charge in [-0.2, -0.15) is 5.10 Å². The standard InChI is InChI=1S/C16H17N3O3S/c1-9-4-3-5-11(8-9)17-16(23)19-18-10(2)12-6-7-13(20)15(22)14(12)21/h3-8,20-22H,1-2H3,(H2,17,19,23)/b18-10-. The number of hydrogen-bond donors (Lipinski definition) is 5. The van der Waals surface area contributed by atoms with Crippen molar-refractivity contribution in [1.82, 2.24) is 5.43 Å². The van der Waals surface area contributed by atoms with E-state index < -0.39 is 17.2 Å². The fraction of sp³-hybridized carbons (Fsp3) is 0.125. The zero-order valence-corrected chi connectivity index (χ0v) is 13.5.